The number of aliphatic hydroxyl groups excluding tert-OH is 1. The molecule has 0 amide bonds. The van der Waals surface area contributed by atoms with Crippen LogP contribution in [-0.4, -0.2) is 22.8 Å². The smallest absolute Gasteiger partial charge is 0.125 e. The third-order valence-electron chi connectivity index (χ3n) is 3.92. The van der Waals surface area contributed by atoms with Gasteiger partial charge in [0.1, 0.15) is 5.76 Å². The zero-order valence-corrected chi connectivity index (χ0v) is 11.9. The second-order valence-corrected chi connectivity index (χ2v) is 5.24. The predicted octanol–water partition coefficient (Wildman–Crippen LogP) is 3.27. The van der Waals surface area contributed by atoms with E-state index >= 15 is 0 Å². The molecule has 2 unspecified atom stereocenters. The summed E-state index contributed by atoms with van der Waals surface area (Å²) < 4.78 is 5.82. The van der Waals surface area contributed by atoms with Crippen molar-refractivity contribution in [3.8, 4) is 0 Å². The van der Waals surface area contributed by atoms with Crippen LogP contribution < -0.4 is 0 Å². The highest BCUT2D eigenvalue weighted by Gasteiger charge is 2.34. The molecule has 1 aliphatic carbocycles. The van der Waals surface area contributed by atoms with Crippen molar-refractivity contribution in [2.45, 2.75) is 24.9 Å². The van der Waals surface area contributed by atoms with E-state index in [2.05, 4.69) is 29.8 Å². The Bertz CT molecular complexity index is 613. The summed E-state index contributed by atoms with van der Waals surface area (Å²) in [6, 6.07) is 5.73. The van der Waals surface area contributed by atoms with E-state index in [-0.39, 0.29) is 5.92 Å². The minimum atomic E-state index is -0.629. The van der Waals surface area contributed by atoms with Crippen LogP contribution in [-0.2, 0) is 4.74 Å². The van der Waals surface area contributed by atoms with E-state index in [4.69, 9.17) is 4.74 Å². The molecule has 1 aliphatic heterocycles. The van der Waals surface area contributed by atoms with Gasteiger partial charge >= 0.3 is 0 Å². The predicted molar refractivity (Wildman–Crippen MR) is 82.6 cm³/mol. The molecule has 108 valence electrons. The summed E-state index contributed by atoms with van der Waals surface area (Å²) in [6.07, 6.45) is 11.1. The van der Waals surface area contributed by atoms with Crippen molar-refractivity contribution in [3.05, 3.63) is 77.9 Å². The normalized spacial score (nSPS) is 25.3. The molecule has 1 aromatic heterocycles. The van der Waals surface area contributed by atoms with Crippen LogP contribution in [0.3, 0.4) is 0 Å². The summed E-state index contributed by atoms with van der Waals surface area (Å²) in [6.45, 7) is 4.22. The number of hydrogen-bond donors (Lipinski definition) is 1. The molecule has 1 aromatic rings. The SMILES string of the molecule is C=CC1=C(C2=CCCC=C2)C(O)C(c2ccccn2)CO1. The zero-order valence-electron chi connectivity index (χ0n) is 11.9. The summed E-state index contributed by atoms with van der Waals surface area (Å²) >= 11 is 0. The molecule has 0 saturated heterocycles. The number of nitrogens with zero attached hydrogens (tertiary/aromatic N) is 1. The first-order valence-corrected chi connectivity index (χ1v) is 7.26. The Kier molecular flexibility index (Phi) is 4.02. The first-order valence-electron chi connectivity index (χ1n) is 7.26. The minimum Gasteiger partial charge on any atom is -0.492 e. The van der Waals surface area contributed by atoms with Crippen LogP contribution >= 0.6 is 0 Å². The van der Waals surface area contributed by atoms with Gasteiger partial charge in [0.05, 0.1) is 18.6 Å². The Morgan fingerprint density at radius 2 is 2.24 bits per heavy atom. The molecule has 0 spiro atoms. The monoisotopic (exact) mass is 281 g/mol. The molecule has 21 heavy (non-hydrogen) atoms. The maximum Gasteiger partial charge on any atom is 0.125 e. The molecule has 2 heterocycles. The van der Waals surface area contributed by atoms with Crippen LogP contribution in [0.4, 0.5) is 0 Å². The van der Waals surface area contributed by atoms with Gasteiger partial charge in [-0.1, -0.05) is 30.9 Å². The zero-order chi connectivity index (χ0) is 14.7. The van der Waals surface area contributed by atoms with Crippen molar-refractivity contribution >= 4 is 0 Å². The molecular weight excluding hydrogens is 262 g/mol. The van der Waals surface area contributed by atoms with E-state index in [1.165, 1.54) is 0 Å². The standard InChI is InChI=1S/C18H19NO2/c1-2-16-17(13-8-4-3-5-9-13)18(20)14(12-21-16)15-10-6-7-11-19-15/h2,4,6-11,14,18,20H,1,3,5,12H2. The third kappa shape index (κ3) is 2.69. The van der Waals surface area contributed by atoms with Gasteiger partial charge in [0.15, 0.2) is 0 Å². The van der Waals surface area contributed by atoms with E-state index in [0.717, 1.165) is 29.7 Å². The number of ether oxygens (including phenoxy) is 1. The second kappa shape index (κ2) is 6.10. The highest BCUT2D eigenvalue weighted by molar-refractivity contribution is 5.49. The molecule has 3 rings (SSSR count). The van der Waals surface area contributed by atoms with Gasteiger partial charge in [0.25, 0.3) is 0 Å². The van der Waals surface area contributed by atoms with Crippen molar-refractivity contribution in [2.75, 3.05) is 6.61 Å². The lowest BCUT2D eigenvalue weighted by Gasteiger charge is -2.32. The summed E-state index contributed by atoms with van der Waals surface area (Å²) in [4.78, 5) is 4.36. The molecule has 3 heteroatoms. The average Bonchev–Trinajstić information content (AvgIpc) is 2.56. The van der Waals surface area contributed by atoms with Gasteiger partial charge in [-0.3, -0.25) is 4.98 Å². The third-order valence-corrected chi connectivity index (χ3v) is 3.92. The Labute approximate surface area is 125 Å². The summed E-state index contributed by atoms with van der Waals surface area (Å²) in [7, 11) is 0. The fourth-order valence-corrected chi connectivity index (χ4v) is 2.83. The van der Waals surface area contributed by atoms with Crippen molar-refractivity contribution in [1.29, 1.82) is 0 Å². The van der Waals surface area contributed by atoms with E-state index in [0.29, 0.717) is 12.4 Å². The van der Waals surface area contributed by atoms with Gasteiger partial charge < -0.3 is 9.84 Å². The van der Waals surface area contributed by atoms with Crippen LogP contribution in [0.25, 0.3) is 0 Å². The second-order valence-electron chi connectivity index (χ2n) is 5.24. The number of pyridine rings is 1. The van der Waals surface area contributed by atoms with Crippen molar-refractivity contribution < 1.29 is 9.84 Å². The van der Waals surface area contributed by atoms with Gasteiger partial charge in [0.2, 0.25) is 0 Å². The number of hydrogen-bond acceptors (Lipinski definition) is 3. The fourth-order valence-electron chi connectivity index (χ4n) is 2.83. The van der Waals surface area contributed by atoms with Gasteiger partial charge in [-0.05, 0) is 36.6 Å². The van der Waals surface area contributed by atoms with Crippen LogP contribution in [0.5, 0.6) is 0 Å². The van der Waals surface area contributed by atoms with Crippen molar-refractivity contribution in [1.82, 2.24) is 4.98 Å². The molecule has 3 nitrogen and oxygen atoms in total. The maximum atomic E-state index is 10.8. The van der Waals surface area contributed by atoms with Gasteiger partial charge in [-0.2, -0.15) is 0 Å². The Morgan fingerprint density at radius 1 is 1.33 bits per heavy atom. The minimum absolute atomic E-state index is 0.152. The first-order chi connectivity index (χ1) is 10.3. The molecule has 0 fully saturated rings. The summed E-state index contributed by atoms with van der Waals surface area (Å²) in [5.41, 5.74) is 2.71. The van der Waals surface area contributed by atoms with E-state index < -0.39 is 6.10 Å². The van der Waals surface area contributed by atoms with Crippen LogP contribution in [0.15, 0.2) is 72.2 Å². The summed E-state index contributed by atoms with van der Waals surface area (Å²) in [5, 5.41) is 10.8. The Hall–Kier alpha value is -2.13. The average molecular weight is 281 g/mol. The van der Waals surface area contributed by atoms with Gasteiger partial charge in [-0.25, -0.2) is 0 Å². The highest BCUT2D eigenvalue weighted by atomic mass is 16.5. The first kappa shape index (κ1) is 13.8. The van der Waals surface area contributed by atoms with Crippen LogP contribution in [0.1, 0.15) is 24.5 Å². The Balaban J connectivity index is 1.98. The lowest BCUT2D eigenvalue weighted by Crippen LogP contribution is -2.32. The lowest BCUT2D eigenvalue weighted by molar-refractivity contribution is 0.0840. The topological polar surface area (TPSA) is 42.4 Å². The fraction of sp³-hybridized carbons (Fsp3) is 0.278. The molecule has 0 radical (unpaired) electrons. The molecule has 0 bridgehead atoms. The molecule has 0 aromatic carbocycles. The maximum absolute atomic E-state index is 10.8. The highest BCUT2D eigenvalue weighted by Crippen LogP contribution is 2.36. The Morgan fingerprint density at radius 3 is 2.90 bits per heavy atom. The largest absolute Gasteiger partial charge is 0.492 e. The number of aliphatic hydroxyl groups is 1. The van der Waals surface area contributed by atoms with Crippen molar-refractivity contribution in [2.24, 2.45) is 0 Å². The molecule has 1 N–H and O–H groups in total. The van der Waals surface area contributed by atoms with Crippen LogP contribution in [0, 0.1) is 0 Å². The lowest BCUT2D eigenvalue weighted by atomic mass is 9.84. The summed E-state index contributed by atoms with van der Waals surface area (Å²) in [5.74, 6) is 0.522. The number of aromatic nitrogens is 1. The van der Waals surface area contributed by atoms with E-state index in [1.807, 2.05) is 18.2 Å². The molecule has 0 saturated carbocycles. The number of rotatable bonds is 3. The van der Waals surface area contributed by atoms with E-state index in [9.17, 15) is 5.11 Å². The molecular formula is C18H19NO2. The molecule has 2 atom stereocenters. The van der Waals surface area contributed by atoms with Gasteiger partial charge in [-0.15, -0.1) is 0 Å². The van der Waals surface area contributed by atoms with Crippen LogP contribution in [0.2, 0.25) is 0 Å². The molecule has 2 aliphatic rings. The van der Waals surface area contributed by atoms with Crippen molar-refractivity contribution in [3.63, 3.8) is 0 Å². The quantitative estimate of drug-likeness (QED) is 0.924. The van der Waals surface area contributed by atoms with Gasteiger partial charge in [0, 0.05) is 17.5 Å². The van der Waals surface area contributed by atoms with E-state index in [1.54, 1.807) is 12.3 Å². The number of allylic oxidation sites excluding steroid dienone is 4.